The molecule has 1 aliphatic heterocycles. The summed E-state index contributed by atoms with van der Waals surface area (Å²) in [7, 11) is -3.98. The molecule has 0 N–H and O–H groups in total. The molecule has 1 heterocycles. The highest BCUT2D eigenvalue weighted by Crippen LogP contribution is 2.30. The molecule has 3 rings (SSSR count). The lowest BCUT2D eigenvalue weighted by Gasteiger charge is -2.25. The zero-order valence-electron chi connectivity index (χ0n) is 11.8. The minimum absolute atomic E-state index is 0.249. The van der Waals surface area contributed by atoms with Gasteiger partial charge in [-0.3, -0.25) is 9.59 Å². The molecule has 2 amide bonds. The standard InChI is InChI=1S/C15H13NO5S/c1-2-9-22(19,20)21-16-14(17)11-7-3-5-10-6-4-8-12(13(10)11)15(16)18/h3-8H,2,9H2,1H3. The summed E-state index contributed by atoms with van der Waals surface area (Å²) >= 11 is 0. The van der Waals surface area contributed by atoms with E-state index in [0.29, 0.717) is 16.9 Å². The Hall–Kier alpha value is -2.25. The molecule has 2 aromatic carbocycles. The zero-order valence-corrected chi connectivity index (χ0v) is 12.6. The molecule has 0 saturated heterocycles. The number of rotatable bonds is 4. The van der Waals surface area contributed by atoms with Crippen molar-refractivity contribution in [1.29, 1.82) is 0 Å². The van der Waals surface area contributed by atoms with E-state index in [1.807, 2.05) is 0 Å². The third-order valence-electron chi connectivity index (χ3n) is 3.38. The summed E-state index contributed by atoms with van der Waals surface area (Å²) in [4.78, 5) is 24.8. The van der Waals surface area contributed by atoms with Gasteiger partial charge in [0.15, 0.2) is 0 Å². The number of nitrogens with zero attached hydrogens (tertiary/aromatic N) is 1. The van der Waals surface area contributed by atoms with E-state index in [9.17, 15) is 18.0 Å². The Morgan fingerprint density at radius 3 is 2.05 bits per heavy atom. The molecule has 114 valence electrons. The highest BCUT2D eigenvalue weighted by atomic mass is 32.2. The predicted octanol–water partition coefficient (Wildman–Crippen LogP) is 2.11. The minimum Gasteiger partial charge on any atom is -0.266 e. The van der Waals surface area contributed by atoms with Gasteiger partial charge in [-0.15, -0.1) is 9.35 Å². The van der Waals surface area contributed by atoms with Crippen LogP contribution >= 0.6 is 0 Å². The van der Waals surface area contributed by atoms with Gasteiger partial charge in [-0.2, -0.15) is 8.42 Å². The van der Waals surface area contributed by atoms with E-state index in [4.69, 9.17) is 4.28 Å². The fourth-order valence-electron chi connectivity index (χ4n) is 2.48. The number of amides is 2. The third-order valence-corrected chi connectivity index (χ3v) is 4.66. The van der Waals surface area contributed by atoms with E-state index in [1.165, 1.54) is 0 Å². The maximum atomic E-state index is 12.4. The monoisotopic (exact) mass is 319 g/mol. The Morgan fingerprint density at radius 2 is 1.55 bits per heavy atom. The molecular formula is C15H13NO5S. The molecule has 0 spiro atoms. The molecule has 0 radical (unpaired) electrons. The number of hydroxylamine groups is 2. The summed E-state index contributed by atoms with van der Waals surface area (Å²) in [5.74, 6) is -1.81. The highest BCUT2D eigenvalue weighted by molar-refractivity contribution is 7.86. The van der Waals surface area contributed by atoms with Gasteiger partial charge in [0.2, 0.25) is 0 Å². The van der Waals surface area contributed by atoms with E-state index in [-0.39, 0.29) is 16.9 Å². The summed E-state index contributed by atoms with van der Waals surface area (Å²) in [5.41, 5.74) is 0.499. The maximum Gasteiger partial charge on any atom is 0.288 e. The number of imide groups is 1. The normalized spacial score (nSPS) is 14.7. The largest absolute Gasteiger partial charge is 0.288 e. The Kier molecular flexibility index (Phi) is 3.46. The predicted molar refractivity (Wildman–Crippen MR) is 79.6 cm³/mol. The van der Waals surface area contributed by atoms with Crippen molar-refractivity contribution in [2.45, 2.75) is 13.3 Å². The smallest absolute Gasteiger partial charge is 0.266 e. The quantitative estimate of drug-likeness (QED) is 0.806. The molecule has 0 saturated carbocycles. The molecular weight excluding hydrogens is 306 g/mol. The van der Waals surface area contributed by atoms with Crippen molar-refractivity contribution in [2.75, 3.05) is 5.75 Å². The molecule has 0 unspecified atom stereocenters. The number of carbonyl (C=O) groups excluding carboxylic acids is 2. The molecule has 0 bridgehead atoms. The van der Waals surface area contributed by atoms with Crippen molar-refractivity contribution in [2.24, 2.45) is 0 Å². The molecule has 0 atom stereocenters. The average molecular weight is 319 g/mol. The van der Waals surface area contributed by atoms with E-state index < -0.39 is 21.9 Å². The number of benzene rings is 2. The van der Waals surface area contributed by atoms with Crippen LogP contribution in [0.3, 0.4) is 0 Å². The topological polar surface area (TPSA) is 80.8 Å². The van der Waals surface area contributed by atoms with Crippen molar-refractivity contribution in [3.05, 3.63) is 47.5 Å². The lowest BCUT2D eigenvalue weighted by Crippen LogP contribution is -2.42. The summed E-state index contributed by atoms with van der Waals surface area (Å²) in [6, 6.07) is 10.0. The molecule has 22 heavy (non-hydrogen) atoms. The van der Waals surface area contributed by atoms with E-state index in [1.54, 1.807) is 43.3 Å². The first-order valence-corrected chi connectivity index (χ1v) is 8.35. The van der Waals surface area contributed by atoms with Crippen molar-refractivity contribution in [3.8, 4) is 0 Å². The summed E-state index contributed by atoms with van der Waals surface area (Å²) in [6.45, 7) is 1.66. The first-order valence-electron chi connectivity index (χ1n) is 6.77. The van der Waals surface area contributed by atoms with Crippen LogP contribution in [0.4, 0.5) is 0 Å². The SMILES string of the molecule is CCCS(=O)(=O)ON1C(=O)c2cccc3cccc(c23)C1=O. The molecule has 6 nitrogen and oxygen atoms in total. The second-order valence-electron chi connectivity index (χ2n) is 4.95. The second-order valence-corrected chi connectivity index (χ2v) is 6.62. The van der Waals surface area contributed by atoms with Gasteiger partial charge >= 0.3 is 0 Å². The molecule has 0 aromatic heterocycles. The Bertz CT molecular complexity index is 837. The van der Waals surface area contributed by atoms with Crippen molar-refractivity contribution in [1.82, 2.24) is 5.06 Å². The van der Waals surface area contributed by atoms with Crippen LogP contribution < -0.4 is 0 Å². The van der Waals surface area contributed by atoms with Crippen LogP contribution in [-0.4, -0.2) is 31.0 Å². The molecule has 2 aromatic rings. The lowest BCUT2D eigenvalue weighted by atomic mass is 9.95. The van der Waals surface area contributed by atoms with Crippen LogP contribution in [0.25, 0.3) is 10.8 Å². The van der Waals surface area contributed by atoms with E-state index >= 15 is 0 Å². The summed E-state index contributed by atoms with van der Waals surface area (Å²) < 4.78 is 28.3. The van der Waals surface area contributed by atoms with Gasteiger partial charge in [0.25, 0.3) is 21.9 Å². The molecule has 0 aliphatic carbocycles. The van der Waals surface area contributed by atoms with Crippen LogP contribution in [0.15, 0.2) is 36.4 Å². The second kappa shape index (κ2) is 5.19. The van der Waals surface area contributed by atoms with Gasteiger partial charge < -0.3 is 0 Å². The Balaban J connectivity index is 2.12. The minimum atomic E-state index is -3.98. The Morgan fingerprint density at radius 1 is 1.00 bits per heavy atom. The van der Waals surface area contributed by atoms with Crippen LogP contribution in [0, 0.1) is 0 Å². The van der Waals surface area contributed by atoms with Gasteiger partial charge in [-0.25, -0.2) is 0 Å². The fourth-order valence-corrected chi connectivity index (χ4v) is 3.41. The number of hydrogen-bond acceptors (Lipinski definition) is 5. The first-order chi connectivity index (χ1) is 10.4. The van der Waals surface area contributed by atoms with E-state index in [2.05, 4.69) is 0 Å². The van der Waals surface area contributed by atoms with Gasteiger partial charge in [0.05, 0.1) is 16.9 Å². The van der Waals surface area contributed by atoms with Crippen molar-refractivity contribution in [3.63, 3.8) is 0 Å². The molecule has 7 heteroatoms. The van der Waals surface area contributed by atoms with Crippen LogP contribution in [0.1, 0.15) is 34.1 Å². The van der Waals surface area contributed by atoms with E-state index in [0.717, 1.165) is 5.39 Å². The van der Waals surface area contributed by atoms with Crippen LogP contribution in [0.2, 0.25) is 0 Å². The van der Waals surface area contributed by atoms with Crippen molar-refractivity contribution >= 4 is 32.7 Å². The number of carbonyl (C=O) groups is 2. The van der Waals surface area contributed by atoms with Crippen molar-refractivity contribution < 1.29 is 22.3 Å². The van der Waals surface area contributed by atoms with Crippen LogP contribution in [-0.2, 0) is 14.4 Å². The maximum absolute atomic E-state index is 12.4. The number of hydrogen-bond donors (Lipinski definition) is 0. The molecule has 1 aliphatic rings. The lowest BCUT2D eigenvalue weighted by molar-refractivity contribution is -0.0154. The summed E-state index contributed by atoms with van der Waals surface area (Å²) in [6.07, 6.45) is 0.324. The molecule has 0 fully saturated rings. The van der Waals surface area contributed by atoms with Gasteiger partial charge in [0, 0.05) is 5.39 Å². The fraction of sp³-hybridized carbons (Fsp3) is 0.200. The Labute approximate surface area is 127 Å². The van der Waals surface area contributed by atoms with Gasteiger partial charge in [-0.05, 0) is 23.9 Å². The third kappa shape index (κ3) is 2.28. The zero-order chi connectivity index (χ0) is 15.9. The van der Waals surface area contributed by atoms with Gasteiger partial charge in [0.1, 0.15) is 0 Å². The van der Waals surface area contributed by atoms with Gasteiger partial charge in [-0.1, -0.05) is 31.2 Å². The average Bonchev–Trinajstić information content (AvgIpc) is 2.49. The highest BCUT2D eigenvalue weighted by Gasteiger charge is 2.36. The van der Waals surface area contributed by atoms with Crippen LogP contribution in [0.5, 0.6) is 0 Å². The summed E-state index contributed by atoms with van der Waals surface area (Å²) in [5, 5.41) is 1.60. The first kappa shape index (κ1) is 14.7.